The lowest BCUT2D eigenvalue weighted by molar-refractivity contribution is 0.0277. The summed E-state index contributed by atoms with van der Waals surface area (Å²) >= 11 is 0. The van der Waals surface area contributed by atoms with Gasteiger partial charge in [-0.1, -0.05) is 0 Å². The molecule has 3 rings (SSSR count). The maximum absolute atomic E-state index is 5.70. The van der Waals surface area contributed by atoms with E-state index in [0.29, 0.717) is 0 Å². The molecule has 0 aromatic carbocycles. The van der Waals surface area contributed by atoms with Crippen LogP contribution >= 0.6 is 0 Å². The number of rotatable bonds is 2. The average Bonchev–Trinajstić information content (AvgIpc) is 2.68. The van der Waals surface area contributed by atoms with E-state index >= 15 is 0 Å². The third kappa shape index (κ3) is 2.03. The zero-order valence-corrected chi connectivity index (χ0v) is 9.89. The number of aryl methyl sites for hydroxylation is 1. The predicted octanol–water partition coefficient (Wildman–Crippen LogP) is 0.499. The van der Waals surface area contributed by atoms with E-state index in [-0.39, 0.29) is 6.10 Å². The Morgan fingerprint density at radius 2 is 2.53 bits per heavy atom. The fraction of sp³-hybridized carbons (Fsp3) is 0.500. The molecular weight excluding hydrogens is 216 g/mol. The standard InChI is InChI=1S/C12H16N4O/c1-16-11(7-9-8-13-5-6-17-9)15-10-3-2-4-14-12(10)16/h2-4,9,13H,5-8H2,1H3. The van der Waals surface area contributed by atoms with E-state index in [1.165, 1.54) is 0 Å². The van der Waals surface area contributed by atoms with Gasteiger partial charge in [-0.05, 0) is 12.1 Å². The molecule has 1 atom stereocenters. The number of morpholine rings is 1. The number of nitrogens with zero attached hydrogens (tertiary/aromatic N) is 3. The van der Waals surface area contributed by atoms with Gasteiger partial charge in [0.05, 0.1) is 12.7 Å². The van der Waals surface area contributed by atoms with Crippen molar-refractivity contribution in [1.29, 1.82) is 0 Å². The second kappa shape index (κ2) is 4.43. The molecule has 0 bridgehead atoms. The number of fused-ring (bicyclic) bond motifs is 1. The van der Waals surface area contributed by atoms with Gasteiger partial charge in [0, 0.05) is 32.8 Å². The van der Waals surface area contributed by atoms with Gasteiger partial charge in [0.2, 0.25) is 0 Å². The maximum atomic E-state index is 5.70. The van der Waals surface area contributed by atoms with Crippen molar-refractivity contribution in [1.82, 2.24) is 19.9 Å². The molecule has 2 aromatic rings. The summed E-state index contributed by atoms with van der Waals surface area (Å²) in [4.78, 5) is 8.94. The Labute approximate surface area is 99.8 Å². The lowest BCUT2D eigenvalue weighted by atomic mass is 10.2. The number of ether oxygens (including phenoxy) is 1. The van der Waals surface area contributed by atoms with Gasteiger partial charge in [0.1, 0.15) is 11.3 Å². The zero-order chi connectivity index (χ0) is 11.7. The first-order valence-corrected chi connectivity index (χ1v) is 5.93. The van der Waals surface area contributed by atoms with Crippen LogP contribution in [0, 0.1) is 0 Å². The highest BCUT2D eigenvalue weighted by Gasteiger charge is 2.17. The van der Waals surface area contributed by atoms with Gasteiger partial charge in [-0.15, -0.1) is 0 Å². The summed E-state index contributed by atoms with van der Waals surface area (Å²) in [5, 5.41) is 3.33. The molecule has 1 aliphatic heterocycles. The van der Waals surface area contributed by atoms with Crippen molar-refractivity contribution in [2.45, 2.75) is 12.5 Å². The molecule has 3 heterocycles. The van der Waals surface area contributed by atoms with Gasteiger partial charge in [-0.2, -0.15) is 0 Å². The Kier molecular flexibility index (Phi) is 2.78. The van der Waals surface area contributed by atoms with Gasteiger partial charge < -0.3 is 14.6 Å². The fourth-order valence-electron chi connectivity index (χ4n) is 2.21. The molecule has 1 fully saturated rings. The van der Waals surface area contributed by atoms with Crippen molar-refractivity contribution in [2.24, 2.45) is 7.05 Å². The molecule has 0 radical (unpaired) electrons. The smallest absolute Gasteiger partial charge is 0.159 e. The van der Waals surface area contributed by atoms with E-state index in [9.17, 15) is 0 Å². The summed E-state index contributed by atoms with van der Waals surface area (Å²) in [6, 6.07) is 3.91. The van der Waals surface area contributed by atoms with Crippen LogP contribution in [0.4, 0.5) is 0 Å². The van der Waals surface area contributed by atoms with Crippen molar-refractivity contribution in [3.63, 3.8) is 0 Å². The van der Waals surface area contributed by atoms with E-state index < -0.39 is 0 Å². The van der Waals surface area contributed by atoms with Gasteiger partial charge in [-0.3, -0.25) is 0 Å². The van der Waals surface area contributed by atoms with Gasteiger partial charge in [0.25, 0.3) is 0 Å². The topological polar surface area (TPSA) is 52.0 Å². The minimum Gasteiger partial charge on any atom is -0.375 e. The van der Waals surface area contributed by atoms with E-state index in [2.05, 4.69) is 15.3 Å². The molecule has 1 saturated heterocycles. The minimum absolute atomic E-state index is 0.222. The summed E-state index contributed by atoms with van der Waals surface area (Å²) in [6.07, 6.45) is 2.85. The van der Waals surface area contributed by atoms with Crippen LogP contribution < -0.4 is 5.32 Å². The molecule has 0 aliphatic carbocycles. The van der Waals surface area contributed by atoms with Crippen LogP contribution in [0.1, 0.15) is 5.82 Å². The first-order valence-electron chi connectivity index (χ1n) is 5.93. The molecule has 5 heteroatoms. The number of hydrogen-bond acceptors (Lipinski definition) is 4. The van der Waals surface area contributed by atoms with E-state index in [1.807, 2.05) is 23.7 Å². The highest BCUT2D eigenvalue weighted by Crippen LogP contribution is 2.14. The Morgan fingerprint density at radius 3 is 3.29 bits per heavy atom. The van der Waals surface area contributed by atoms with Crippen LogP contribution in [-0.4, -0.2) is 40.3 Å². The monoisotopic (exact) mass is 232 g/mol. The van der Waals surface area contributed by atoms with Crippen LogP contribution in [-0.2, 0) is 18.2 Å². The van der Waals surface area contributed by atoms with Crippen molar-refractivity contribution in [3.05, 3.63) is 24.2 Å². The normalized spacial score (nSPS) is 20.9. The third-order valence-electron chi connectivity index (χ3n) is 3.14. The quantitative estimate of drug-likeness (QED) is 0.819. The van der Waals surface area contributed by atoms with Crippen LogP contribution in [0.3, 0.4) is 0 Å². The molecule has 1 aliphatic rings. The molecule has 0 spiro atoms. The van der Waals surface area contributed by atoms with Gasteiger partial charge in [-0.25, -0.2) is 9.97 Å². The van der Waals surface area contributed by atoms with Crippen LogP contribution in [0.5, 0.6) is 0 Å². The van der Waals surface area contributed by atoms with Crippen molar-refractivity contribution in [2.75, 3.05) is 19.7 Å². The molecule has 17 heavy (non-hydrogen) atoms. The van der Waals surface area contributed by atoms with Crippen molar-refractivity contribution in [3.8, 4) is 0 Å². The first-order chi connectivity index (χ1) is 8.34. The van der Waals surface area contributed by atoms with E-state index in [1.54, 1.807) is 6.20 Å². The summed E-state index contributed by atoms with van der Waals surface area (Å²) in [6.45, 7) is 2.63. The zero-order valence-electron chi connectivity index (χ0n) is 9.89. The number of pyridine rings is 1. The molecule has 1 N–H and O–H groups in total. The Hall–Kier alpha value is -1.46. The Bertz CT molecular complexity index is 516. The number of nitrogens with one attached hydrogen (secondary N) is 1. The third-order valence-corrected chi connectivity index (χ3v) is 3.14. The van der Waals surface area contributed by atoms with Crippen LogP contribution in [0.25, 0.3) is 11.2 Å². The van der Waals surface area contributed by atoms with E-state index in [4.69, 9.17) is 4.74 Å². The second-order valence-electron chi connectivity index (χ2n) is 4.33. The summed E-state index contributed by atoms with van der Waals surface area (Å²) in [5.74, 6) is 1.03. The molecule has 0 saturated carbocycles. The Morgan fingerprint density at radius 1 is 1.59 bits per heavy atom. The Balaban J connectivity index is 1.87. The summed E-state index contributed by atoms with van der Waals surface area (Å²) in [7, 11) is 2.01. The summed E-state index contributed by atoms with van der Waals surface area (Å²) < 4.78 is 7.75. The number of hydrogen-bond donors (Lipinski definition) is 1. The largest absolute Gasteiger partial charge is 0.375 e. The van der Waals surface area contributed by atoms with Crippen molar-refractivity contribution < 1.29 is 4.74 Å². The molecule has 90 valence electrons. The summed E-state index contributed by atoms with van der Waals surface area (Å²) in [5.41, 5.74) is 1.89. The van der Waals surface area contributed by atoms with Crippen LogP contribution in [0.2, 0.25) is 0 Å². The number of aromatic nitrogens is 3. The lowest BCUT2D eigenvalue weighted by Crippen LogP contribution is -2.40. The lowest BCUT2D eigenvalue weighted by Gasteiger charge is -2.23. The van der Waals surface area contributed by atoms with Crippen LogP contribution in [0.15, 0.2) is 18.3 Å². The highest BCUT2D eigenvalue weighted by molar-refractivity contribution is 5.70. The molecular formula is C12H16N4O. The molecule has 0 amide bonds. The SMILES string of the molecule is Cn1c(CC2CNCCO2)nc2cccnc21. The number of imidazole rings is 1. The molecule has 1 unspecified atom stereocenters. The van der Waals surface area contributed by atoms with E-state index in [0.717, 1.165) is 43.1 Å². The average molecular weight is 232 g/mol. The maximum Gasteiger partial charge on any atom is 0.159 e. The fourth-order valence-corrected chi connectivity index (χ4v) is 2.21. The first kappa shape index (κ1) is 10.7. The minimum atomic E-state index is 0.222. The predicted molar refractivity (Wildman–Crippen MR) is 64.8 cm³/mol. The van der Waals surface area contributed by atoms with Crippen molar-refractivity contribution >= 4 is 11.2 Å². The highest BCUT2D eigenvalue weighted by atomic mass is 16.5. The molecule has 2 aromatic heterocycles. The van der Waals surface area contributed by atoms with Gasteiger partial charge >= 0.3 is 0 Å². The second-order valence-corrected chi connectivity index (χ2v) is 4.33. The molecule has 5 nitrogen and oxygen atoms in total. The van der Waals surface area contributed by atoms with Gasteiger partial charge in [0.15, 0.2) is 5.65 Å².